The molecule has 1 saturated heterocycles. The summed E-state index contributed by atoms with van der Waals surface area (Å²) in [5, 5.41) is 3.58. The summed E-state index contributed by atoms with van der Waals surface area (Å²) >= 11 is 0. The molecule has 2 atom stereocenters. The van der Waals surface area contributed by atoms with Gasteiger partial charge in [-0.2, -0.15) is 0 Å². The third kappa shape index (κ3) is 7.34. The Hall–Kier alpha value is -0.120. The van der Waals surface area contributed by atoms with Crippen LogP contribution in [0.3, 0.4) is 0 Å². The Kier molecular flexibility index (Phi) is 9.54. The van der Waals surface area contributed by atoms with Crippen LogP contribution < -0.4 is 5.32 Å². The Morgan fingerprint density at radius 3 is 2.89 bits per heavy atom. The largest absolute Gasteiger partial charge is 0.379 e. The minimum Gasteiger partial charge on any atom is -0.379 e. The zero-order valence-electron chi connectivity index (χ0n) is 12.2. The van der Waals surface area contributed by atoms with E-state index < -0.39 is 0 Å². The maximum atomic E-state index is 5.72. The van der Waals surface area contributed by atoms with Crippen LogP contribution in [-0.2, 0) is 9.47 Å². The van der Waals surface area contributed by atoms with Crippen molar-refractivity contribution in [2.75, 3.05) is 26.4 Å². The van der Waals surface area contributed by atoms with Crippen molar-refractivity contribution in [2.24, 2.45) is 0 Å². The second-order valence-electron chi connectivity index (χ2n) is 5.27. The summed E-state index contributed by atoms with van der Waals surface area (Å²) in [7, 11) is 0. The summed E-state index contributed by atoms with van der Waals surface area (Å²) in [5.74, 6) is 0. The molecule has 108 valence electrons. The zero-order valence-corrected chi connectivity index (χ0v) is 12.2. The van der Waals surface area contributed by atoms with Crippen molar-refractivity contribution in [2.45, 2.75) is 70.9 Å². The molecule has 1 heterocycles. The molecule has 1 fully saturated rings. The van der Waals surface area contributed by atoms with Gasteiger partial charge in [-0.1, -0.05) is 13.8 Å². The van der Waals surface area contributed by atoms with E-state index in [0.717, 1.165) is 32.8 Å². The molecule has 0 aliphatic carbocycles. The summed E-state index contributed by atoms with van der Waals surface area (Å²) in [6.07, 6.45) is 8.86. The molecule has 1 aliphatic heterocycles. The van der Waals surface area contributed by atoms with Gasteiger partial charge in [0.25, 0.3) is 0 Å². The van der Waals surface area contributed by atoms with E-state index in [1.165, 1.54) is 38.5 Å². The molecule has 3 heteroatoms. The lowest BCUT2D eigenvalue weighted by Crippen LogP contribution is -2.29. The van der Waals surface area contributed by atoms with Crippen molar-refractivity contribution >= 4 is 0 Å². The summed E-state index contributed by atoms with van der Waals surface area (Å²) < 4.78 is 11.4. The molecule has 0 amide bonds. The highest BCUT2D eigenvalue weighted by atomic mass is 16.5. The third-order valence-corrected chi connectivity index (χ3v) is 3.59. The Balaban J connectivity index is 1.93. The number of rotatable bonds is 10. The van der Waals surface area contributed by atoms with E-state index in [1.54, 1.807) is 0 Å². The normalized spacial score (nSPS) is 22.0. The van der Waals surface area contributed by atoms with E-state index >= 15 is 0 Å². The van der Waals surface area contributed by atoms with Crippen molar-refractivity contribution in [3.63, 3.8) is 0 Å². The minimum absolute atomic E-state index is 0.360. The summed E-state index contributed by atoms with van der Waals surface area (Å²) in [4.78, 5) is 0. The number of hydrogen-bond acceptors (Lipinski definition) is 3. The molecule has 0 bridgehead atoms. The Morgan fingerprint density at radius 1 is 1.33 bits per heavy atom. The summed E-state index contributed by atoms with van der Waals surface area (Å²) in [5.41, 5.74) is 0. The first-order valence-corrected chi connectivity index (χ1v) is 7.79. The van der Waals surface area contributed by atoms with Gasteiger partial charge < -0.3 is 14.8 Å². The van der Waals surface area contributed by atoms with Gasteiger partial charge in [-0.05, 0) is 51.5 Å². The highest BCUT2D eigenvalue weighted by molar-refractivity contribution is 4.65. The molecular weight excluding hydrogens is 226 g/mol. The number of hydrogen-bond donors (Lipinski definition) is 1. The topological polar surface area (TPSA) is 30.5 Å². The van der Waals surface area contributed by atoms with E-state index in [2.05, 4.69) is 19.2 Å². The summed E-state index contributed by atoms with van der Waals surface area (Å²) in [6, 6.07) is 0.666. The summed E-state index contributed by atoms with van der Waals surface area (Å²) in [6.45, 7) is 8.20. The fourth-order valence-corrected chi connectivity index (χ4v) is 2.38. The molecular formula is C15H31NO2. The molecule has 0 aromatic rings. The van der Waals surface area contributed by atoms with Crippen LogP contribution in [0.15, 0.2) is 0 Å². The standard InChI is InChI=1S/C15H31NO2/c1-3-10-16-14(4-2)8-7-11-17-13-15-9-5-6-12-18-15/h14-16H,3-13H2,1-2H3. The third-order valence-electron chi connectivity index (χ3n) is 3.59. The van der Waals surface area contributed by atoms with Crippen molar-refractivity contribution in [3.05, 3.63) is 0 Å². The zero-order chi connectivity index (χ0) is 13.1. The average Bonchev–Trinajstić information content (AvgIpc) is 2.43. The van der Waals surface area contributed by atoms with Gasteiger partial charge in [-0.15, -0.1) is 0 Å². The van der Waals surface area contributed by atoms with Crippen LogP contribution in [0.1, 0.15) is 58.8 Å². The van der Waals surface area contributed by atoms with Crippen LogP contribution in [0, 0.1) is 0 Å². The van der Waals surface area contributed by atoms with Crippen molar-refractivity contribution in [1.82, 2.24) is 5.32 Å². The Labute approximate surface area is 113 Å². The first-order valence-electron chi connectivity index (χ1n) is 7.79. The predicted octanol–water partition coefficient (Wildman–Crippen LogP) is 3.13. The van der Waals surface area contributed by atoms with E-state index in [9.17, 15) is 0 Å². The number of nitrogens with one attached hydrogen (secondary N) is 1. The van der Waals surface area contributed by atoms with Gasteiger partial charge in [-0.3, -0.25) is 0 Å². The second-order valence-corrected chi connectivity index (χ2v) is 5.27. The maximum absolute atomic E-state index is 5.72. The van der Waals surface area contributed by atoms with E-state index in [0.29, 0.717) is 12.1 Å². The van der Waals surface area contributed by atoms with E-state index in [4.69, 9.17) is 9.47 Å². The molecule has 0 saturated carbocycles. The highest BCUT2D eigenvalue weighted by Crippen LogP contribution is 2.13. The minimum atomic E-state index is 0.360. The van der Waals surface area contributed by atoms with Gasteiger partial charge in [-0.25, -0.2) is 0 Å². The van der Waals surface area contributed by atoms with Crippen molar-refractivity contribution in [3.8, 4) is 0 Å². The van der Waals surface area contributed by atoms with Crippen LogP contribution in [-0.4, -0.2) is 38.5 Å². The van der Waals surface area contributed by atoms with Crippen molar-refractivity contribution in [1.29, 1.82) is 0 Å². The second kappa shape index (κ2) is 10.8. The highest BCUT2D eigenvalue weighted by Gasteiger charge is 2.13. The van der Waals surface area contributed by atoms with Crippen LogP contribution in [0.25, 0.3) is 0 Å². The van der Waals surface area contributed by atoms with Gasteiger partial charge in [0.15, 0.2) is 0 Å². The molecule has 0 radical (unpaired) electrons. The van der Waals surface area contributed by atoms with E-state index in [-0.39, 0.29) is 0 Å². The Morgan fingerprint density at radius 2 is 2.22 bits per heavy atom. The molecule has 18 heavy (non-hydrogen) atoms. The van der Waals surface area contributed by atoms with Gasteiger partial charge in [0.1, 0.15) is 0 Å². The van der Waals surface area contributed by atoms with Crippen LogP contribution in [0.4, 0.5) is 0 Å². The molecule has 1 N–H and O–H groups in total. The molecule has 3 nitrogen and oxygen atoms in total. The smallest absolute Gasteiger partial charge is 0.0808 e. The van der Waals surface area contributed by atoms with Crippen LogP contribution >= 0.6 is 0 Å². The average molecular weight is 257 g/mol. The van der Waals surface area contributed by atoms with E-state index in [1.807, 2.05) is 0 Å². The fourth-order valence-electron chi connectivity index (χ4n) is 2.38. The molecule has 1 rings (SSSR count). The lowest BCUT2D eigenvalue weighted by molar-refractivity contribution is -0.0412. The van der Waals surface area contributed by atoms with Crippen LogP contribution in [0.5, 0.6) is 0 Å². The Bertz CT molecular complexity index is 181. The maximum Gasteiger partial charge on any atom is 0.0808 e. The first-order chi connectivity index (χ1) is 8.86. The van der Waals surface area contributed by atoms with Gasteiger partial charge in [0.05, 0.1) is 12.7 Å². The molecule has 0 aromatic heterocycles. The molecule has 2 unspecified atom stereocenters. The van der Waals surface area contributed by atoms with Gasteiger partial charge >= 0.3 is 0 Å². The molecule has 0 aromatic carbocycles. The molecule has 0 spiro atoms. The lowest BCUT2D eigenvalue weighted by atomic mass is 10.1. The SMILES string of the molecule is CCCNC(CC)CCCOCC1CCCCO1. The lowest BCUT2D eigenvalue weighted by Gasteiger charge is -2.22. The molecule has 1 aliphatic rings. The van der Waals surface area contributed by atoms with Gasteiger partial charge in [0, 0.05) is 19.3 Å². The fraction of sp³-hybridized carbons (Fsp3) is 1.00. The quantitative estimate of drug-likeness (QED) is 0.610. The van der Waals surface area contributed by atoms with Crippen molar-refractivity contribution < 1.29 is 9.47 Å². The van der Waals surface area contributed by atoms with Gasteiger partial charge in [0.2, 0.25) is 0 Å². The predicted molar refractivity (Wildman–Crippen MR) is 76.0 cm³/mol. The first kappa shape index (κ1) is 15.9. The number of ether oxygens (including phenoxy) is 2. The van der Waals surface area contributed by atoms with Crippen LogP contribution in [0.2, 0.25) is 0 Å². The monoisotopic (exact) mass is 257 g/mol.